The Morgan fingerprint density at radius 3 is 2.76 bits per heavy atom. The van der Waals surface area contributed by atoms with E-state index in [0.717, 1.165) is 31.4 Å². The Morgan fingerprint density at radius 1 is 1.21 bits per heavy atom. The number of nitrogens with zero attached hydrogens (tertiary/aromatic N) is 5. The number of carbonyl (C=O) groups is 1. The van der Waals surface area contributed by atoms with Gasteiger partial charge in [-0.25, -0.2) is 4.98 Å². The number of ether oxygens (including phenoxy) is 2. The van der Waals surface area contributed by atoms with E-state index in [1.807, 2.05) is 0 Å². The average molecular weight is 411 g/mol. The standard InChI is InChI=1S/C18H20F3N5O3/c19-18(20,21)16-14(9-22-24-17(16)27)26-10-12-1-2-15(23-13(12)11-26)29-8-5-25-3-6-28-7-4-25/h1-2,9,16H,3-8,10-11H2. The zero-order valence-electron chi connectivity index (χ0n) is 15.6. The van der Waals surface area contributed by atoms with Crippen LogP contribution in [0.3, 0.4) is 0 Å². The van der Waals surface area contributed by atoms with Crippen LogP contribution in [0.4, 0.5) is 13.2 Å². The molecule has 0 aromatic carbocycles. The topological polar surface area (TPSA) is 79.6 Å². The summed E-state index contributed by atoms with van der Waals surface area (Å²) in [5.41, 5.74) is 1.22. The fourth-order valence-corrected chi connectivity index (χ4v) is 3.58. The third-order valence-corrected chi connectivity index (χ3v) is 5.09. The molecular weight excluding hydrogens is 391 g/mol. The quantitative estimate of drug-likeness (QED) is 0.739. The summed E-state index contributed by atoms with van der Waals surface area (Å²) < 4.78 is 51.0. The van der Waals surface area contributed by atoms with Crippen molar-refractivity contribution in [2.45, 2.75) is 19.3 Å². The lowest BCUT2D eigenvalue weighted by Gasteiger charge is -2.28. The molecule has 156 valence electrons. The highest BCUT2D eigenvalue weighted by Crippen LogP contribution is 2.39. The number of carbonyl (C=O) groups excluding carboxylic acids is 1. The summed E-state index contributed by atoms with van der Waals surface area (Å²) in [5, 5.41) is 6.48. The van der Waals surface area contributed by atoms with Crippen molar-refractivity contribution in [3.63, 3.8) is 0 Å². The number of alkyl halides is 3. The van der Waals surface area contributed by atoms with E-state index in [0.29, 0.717) is 31.4 Å². The molecule has 4 rings (SSSR count). The minimum Gasteiger partial charge on any atom is -0.476 e. The Balaban J connectivity index is 1.40. The van der Waals surface area contributed by atoms with Crippen LogP contribution in [0.2, 0.25) is 0 Å². The smallest absolute Gasteiger partial charge is 0.406 e. The van der Waals surface area contributed by atoms with Gasteiger partial charge in [-0.05, 0) is 11.6 Å². The highest BCUT2D eigenvalue weighted by Gasteiger charge is 2.50. The average Bonchev–Trinajstić information content (AvgIpc) is 3.11. The summed E-state index contributed by atoms with van der Waals surface area (Å²) in [4.78, 5) is 19.8. The SMILES string of the molecule is O=C1N=NC=C(N2Cc3ccc(OCCN4CCOCC4)nc3C2)C1C(F)(F)F. The molecule has 1 amide bonds. The Bertz CT molecular complexity index is 837. The largest absolute Gasteiger partial charge is 0.476 e. The second-order valence-corrected chi connectivity index (χ2v) is 7.00. The van der Waals surface area contributed by atoms with Crippen LogP contribution in [0, 0.1) is 5.92 Å². The summed E-state index contributed by atoms with van der Waals surface area (Å²) in [6, 6.07) is 3.50. The van der Waals surface area contributed by atoms with Gasteiger partial charge in [0.2, 0.25) is 5.88 Å². The van der Waals surface area contributed by atoms with Crippen LogP contribution in [-0.4, -0.2) is 66.3 Å². The van der Waals surface area contributed by atoms with Gasteiger partial charge in [-0.2, -0.15) is 18.3 Å². The first-order valence-corrected chi connectivity index (χ1v) is 9.30. The second-order valence-electron chi connectivity index (χ2n) is 7.00. The number of hydrogen-bond donors (Lipinski definition) is 0. The van der Waals surface area contributed by atoms with Gasteiger partial charge in [-0.3, -0.25) is 9.69 Å². The molecule has 8 nitrogen and oxygen atoms in total. The molecule has 0 N–H and O–H groups in total. The van der Waals surface area contributed by atoms with E-state index < -0.39 is 18.0 Å². The number of halogens is 3. The van der Waals surface area contributed by atoms with Gasteiger partial charge < -0.3 is 14.4 Å². The van der Waals surface area contributed by atoms with E-state index in [9.17, 15) is 18.0 Å². The van der Waals surface area contributed by atoms with Crippen molar-refractivity contribution in [2.75, 3.05) is 39.5 Å². The highest BCUT2D eigenvalue weighted by atomic mass is 19.4. The second kappa shape index (κ2) is 8.07. The number of morpholine rings is 1. The van der Waals surface area contributed by atoms with Crippen molar-refractivity contribution in [3.8, 4) is 5.88 Å². The number of azo groups is 1. The first-order valence-electron chi connectivity index (χ1n) is 9.30. The van der Waals surface area contributed by atoms with Gasteiger partial charge in [0.15, 0.2) is 5.92 Å². The summed E-state index contributed by atoms with van der Waals surface area (Å²) >= 11 is 0. The molecule has 3 aliphatic heterocycles. The Morgan fingerprint density at radius 2 is 2.00 bits per heavy atom. The summed E-state index contributed by atoms with van der Waals surface area (Å²) in [5.74, 6) is -3.16. The van der Waals surface area contributed by atoms with Crippen molar-refractivity contribution in [1.29, 1.82) is 0 Å². The number of fused-ring (bicyclic) bond motifs is 1. The summed E-state index contributed by atoms with van der Waals surface area (Å²) in [7, 11) is 0. The lowest BCUT2D eigenvalue weighted by molar-refractivity contribution is -0.177. The van der Waals surface area contributed by atoms with E-state index >= 15 is 0 Å². The fourth-order valence-electron chi connectivity index (χ4n) is 3.58. The molecule has 0 saturated carbocycles. The normalized spacial score (nSPS) is 22.6. The van der Waals surface area contributed by atoms with Gasteiger partial charge in [-0.15, -0.1) is 5.11 Å². The first-order chi connectivity index (χ1) is 13.9. The van der Waals surface area contributed by atoms with Gasteiger partial charge in [-0.1, -0.05) is 0 Å². The molecule has 4 heterocycles. The van der Waals surface area contributed by atoms with Crippen molar-refractivity contribution >= 4 is 5.91 Å². The van der Waals surface area contributed by atoms with Gasteiger partial charge in [0.1, 0.15) is 6.61 Å². The lowest BCUT2D eigenvalue weighted by atomic mass is 10.0. The Labute approximate surface area is 165 Å². The number of aromatic nitrogens is 1. The van der Waals surface area contributed by atoms with E-state index in [2.05, 4.69) is 20.1 Å². The molecule has 1 unspecified atom stereocenters. The van der Waals surface area contributed by atoms with Crippen molar-refractivity contribution < 1.29 is 27.4 Å². The fraction of sp³-hybridized carbons (Fsp3) is 0.556. The Kier molecular flexibility index (Phi) is 5.50. The van der Waals surface area contributed by atoms with Gasteiger partial charge in [0.05, 0.1) is 37.3 Å². The molecule has 0 radical (unpaired) electrons. The molecule has 11 heteroatoms. The van der Waals surface area contributed by atoms with E-state index in [1.165, 1.54) is 4.90 Å². The zero-order valence-corrected chi connectivity index (χ0v) is 15.6. The van der Waals surface area contributed by atoms with Crippen LogP contribution < -0.4 is 4.74 Å². The molecule has 1 saturated heterocycles. The molecule has 1 fully saturated rings. The van der Waals surface area contributed by atoms with Crippen LogP contribution in [0.25, 0.3) is 0 Å². The molecule has 1 atom stereocenters. The molecule has 1 aromatic rings. The van der Waals surface area contributed by atoms with Gasteiger partial charge >= 0.3 is 6.18 Å². The van der Waals surface area contributed by atoms with E-state index in [1.54, 1.807) is 12.1 Å². The van der Waals surface area contributed by atoms with E-state index in [4.69, 9.17) is 9.47 Å². The summed E-state index contributed by atoms with van der Waals surface area (Å²) in [6.07, 6.45) is -3.72. The monoisotopic (exact) mass is 411 g/mol. The summed E-state index contributed by atoms with van der Waals surface area (Å²) in [6.45, 7) is 4.73. The van der Waals surface area contributed by atoms with Crippen LogP contribution in [0.15, 0.2) is 34.3 Å². The zero-order chi connectivity index (χ0) is 20.4. The number of amides is 1. The van der Waals surface area contributed by atoms with Crippen molar-refractivity contribution in [2.24, 2.45) is 16.1 Å². The maximum Gasteiger partial charge on any atom is 0.406 e. The Hall–Kier alpha value is -2.53. The molecule has 3 aliphatic rings. The van der Waals surface area contributed by atoms with Crippen molar-refractivity contribution in [1.82, 2.24) is 14.8 Å². The lowest BCUT2D eigenvalue weighted by Crippen LogP contribution is -2.38. The molecule has 0 bridgehead atoms. The van der Waals surface area contributed by atoms with Crippen LogP contribution in [0.5, 0.6) is 5.88 Å². The predicted molar refractivity (Wildman–Crippen MR) is 93.7 cm³/mol. The molecule has 29 heavy (non-hydrogen) atoms. The number of rotatable bonds is 5. The maximum atomic E-state index is 13.3. The molecule has 0 spiro atoms. The molecule has 1 aromatic heterocycles. The van der Waals surface area contributed by atoms with Crippen molar-refractivity contribution in [3.05, 3.63) is 35.3 Å². The first kappa shape index (κ1) is 19.8. The predicted octanol–water partition coefficient (Wildman–Crippen LogP) is 2.12. The van der Waals surface area contributed by atoms with Crippen LogP contribution >= 0.6 is 0 Å². The molecule has 0 aliphatic carbocycles. The maximum absolute atomic E-state index is 13.3. The third kappa shape index (κ3) is 4.40. The van der Waals surface area contributed by atoms with E-state index in [-0.39, 0.29) is 18.8 Å². The number of pyridine rings is 1. The minimum absolute atomic E-state index is 0.150. The molecular formula is C18H20F3N5O3. The third-order valence-electron chi connectivity index (χ3n) is 5.09. The van der Waals surface area contributed by atoms with Gasteiger partial charge in [0.25, 0.3) is 5.91 Å². The van der Waals surface area contributed by atoms with Crippen LogP contribution in [0.1, 0.15) is 11.3 Å². The number of hydrogen-bond acceptors (Lipinski definition) is 7. The van der Waals surface area contributed by atoms with Crippen LogP contribution in [-0.2, 0) is 22.6 Å². The minimum atomic E-state index is -4.72. The highest BCUT2D eigenvalue weighted by molar-refractivity contribution is 5.83. The van der Waals surface area contributed by atoms with Gasteiger partial charge in [0, 0.05) is 32.2 Å².